The van der Waals surface area contributed by atoms with Gasteiger partial charge in [0.1, 0.15) is 22.9 Å². The normalized spacial score (nSPS) is 10.7. The lowest BCUT2D eigenvalue weighted by molar-refractivity contribution is 0.101. The molecule has 0 radical (unpaired) electrons. The molecule has 0 spiro atoms. The van der Waals surface area contributed by atoms with Gasteiger partial charge in [0.15, 0.2) is 5.82 Å². The summed E-state index contributed by atoms with van der Waals surface area (Å²) >= 11 is 0. The number of halogens is 2. The topological polar surface area (TPSA) is 86.5 Å². The molecule has 6 nitrogen and oxygen atoms in total. The van der Waals surface area contributed by atoms with E-state index < -0.39 is 23.1 Å². The summed E-state index contributed by atoms with van der Waals surface area (Å²) in [7, 11) is 0. The zero-order valence-corrected chi connectivity index (χ0v) is 11.4. The Bertz CT molecular complexity index is 819. The molecule has 0 bridgehead atoms. The van der Waals surface area contributed by atoms with E-state index in [1.165, 1.54) is 12.3 Å². The largest absolute Gasteiger partial charge is 0.341 e. The molecule has 8 heteroatoms. The first-order chi connectivity index (χ1) is 10.6. The molecule has 2 aromatic heterocycles. The average Bonchev–Trinajstić information content (AvgIpc) is 3.07. The van der Waals surface area contributed by atoms with Crippen LogP contribution in [0.1, 0.15) is 16.1 Å². The molecule has 0 aliphatic heterocycles. The van der Waals surface area contributed by atoms with Crippen LogP contribution in [-0.4, -0.2) is 26.1 Å². The van der Waals surface area contributed by atoms with Crippen molar-refractivity contribution in [3.8, 4) is 11.5 Å². The van der Waals surface area contributed by atoms with Gasteiger partial charge in [0.2, 0.25) is 0 Å². The second-order valence-electron chi connectivity index (χ2n) is 4.62. The first kappa shape index (κ1) is 13.9. The van der Waals surface area contributed by atoms with Gasteiger partial charge in [0.05, 0.1) is 11.9 Å². The van der Waals surface area contributed by atoms with E-state index >= 15 is 0 Å². The second kappa shape index (κ2) is 5.40. The number of amides is 1. The lowest BCUT2D eigenvalue weighted by Gasteiger charge is -2.06. The molecule has 0 aliphatic carbocycles. The van der Waals surface area contributed by atoms with Crippen molar-refractivity contribution in [1.82, 2.24) is 20.2 Å². The number of aromatic amines is 2. The summed E-state index contributed by atoms with van der Waals surface area (Å²) in [5, 5.41) is 8.91. The molecule has 0 unspecified atom stereocenters. The molecule has 0 saturated heterocycles. The molecule has 3 N–H and O–H groups in total. The van der Waals surface area contributed by atoms with E-state index in [-0.39, 0.29) is 5.69 Å². The molecule has 22 heavy (non-hydrogen) atoms. The van der Waals surface area contributed by atoms with Gasteiger partial charge < -0.3 is 10.3 Å². The number of nitrogens with one attached hydrogen (secondary N) is 3. The minimum atomic E-state index is -0.934. The SMILES string of the molecule is Cc1cnc(-c2[nH]ncc2NC(=O)c2c(F)cccc2F)[nH]1. The maximum Gasteiger partial charge on any atom is 0.261 e. The minimum absolute atomic E-state index is 0.266. The number of aromatic nitrogens is 4. The molecular formula is C14H11F2N5O. The van der Waals surface area contributed by atoms with Crippen LogP contribution >= 0.6 is 0 Å². The lowest BCUT2D eigenvalue weighted by Crippen LogP contribution is -2.16. The summed E-state index contributed by atoms with van der Waals surface area (Å²) in [4.78, 5) is 19.2. The summed E-state index contributed by atoms with van der Waals surface area (Å²) in [6, 6.07) is 3.23. The number of carbonyl (C=O) groups excluding carboxylic acids is 1. The smallest absolute Gasteiger partial charge is 0.261 e. The van der Waals surface area contributed by atoms with E-state index in [9.17, 15) is 13.6 Å². The Labute approximate surface area is 123 Å². The van der Waals surface area contributed by atoms with Gasteiger partial charge in [-0.25, -0.2) is 13.8 Å². The Morgan fingerprint density at radius 3 is 2.59 bits per heavy atom. The number of carbonyl (C=O) groups is 1. The number of imidazole rings is 1. The number of anilines is 1. The molecule has 0 atom stereocenters. The first-order valence-corrected chi connectivity index (χ1v) is 6.37. The molecule has 1 amide bonds. The quantitative estimate of drug-likeness (QED) is 0.695. The summed E-state index contributed by atoms with van der Waals surface area (Å²) in [5.41, 5.74) is 0.854. The number of H-pyrrole nitrogens is 2. The fraction of sp³-hybridized carbons (Fsp3) is 0.0714. The Kier molecular flexibility index (Phi) is 3.42. The van der Waals surface area contributed by atoms with Crippen LogP contribution in [0.4, 0.5) is 14.5 Å². The molecule has 3 rings (SSSR count). The second-order valence-corrected chi connectivity index (χ2v) is 4.62. The van der Waals surface area contributed by atoms with Gasteiger partial charge in [-0.3, -0.25) is 9.89 Å². The van der Waals surface area contributed by atoms with E-state index in [2.05, 4.69) is 25.5 Å². The number of nitrogens with zero attached hydrogens (tertiary/aromatic N) is 2. The maximum absolute atomic E-state index is 13.6. The molecule has 0 saturated carbocycles. The van der Waals surface area contributed by atoms with Crippen molar-refractivity contribution in [3.05, 3.63) is 53.5 Å². The molecule has 0 fully saturated rings. The Hall–Kier alpha value is -3.03. The van der Waals surface area contributed by atoms with Crippen LogP contribution in [-0.2, 0) is 0 Å². The van der Waals surface area contributed by atoms with Crippen molar-refractivity contribution >= 4 is 11.6 Å². The Morgan fingerprint density at radius 1 is 1.23 bits per heavy atom. The molecular weight excluding hydrogens is 292 g/mol. The number of hydrogen-bond donors (Lipinski definition) is 3. The van der Waals surface area contributed by atoms with Crippen LogP contribution in [0.25, 0.3) is 11.5 Å². The van der Waals surface area contributed by atoms with Gasteiger partial charge in [0, 0.05) is 11.9 Å². The van der Waals surface area contributed by atoms with Gasteiger partial charge in [-0.1, -0.05) is 6.07 Å². The van der Waals surface area contributed by atoms with Gasteiger partial charge in [0.25, 0.3) is 5.91 Å². The average molecular weight is 303 g/mol. The van der Waals surface area contributed by atoms with E-state index in [4.69, 9.17) is 0 Å². The highest BCUT2D eigenvalue weighted by Gasteiger charge is 2.20. The van der Waals surface area contributed by atoms with Crippen molar-refractivity contribution in [1.29, 1.82) is 0 Å². The van der Waals surface area contributed by atoms with Crippen molar-refractivity contribution in [2.24, 2.45) is 0 Å². The lowest BCUT2D eigenvalue weighted by atomic mass is 10.2. The van der Waals surface area contributed by atoms with Gasteiger partial charge in [-0.05, 0) is 19.1 Å². The highest BCUT2D eigenvalue weighted by molar-refractivity contribution is 6.06. The van der Waals surface area contributed by atoms with Crippen LogP contribution in [0.15, 0.2) is 30.6 Å². The third-order valence-corrected chi connectivity index (χ3v) is 3.02. The first-order valence-electron chi connectivity index (χ1n) is 6.37. The number of hydrogen-bond acceptors (Lipinski definition) is 3. The van der Waals surface area contributed by atoms with Gasteiger partial charge >= 0.3 is 0 Å². The predicted octanol–water partition coefficient (Wildman–Crippen LogP) is 2.64. The monoisotopic (exact) mass is 303 g/mol. The van der Waals surface area contributed by atoms with E-state index in [1.54, 1.807) is 6.20 Å². The molecule has 112 valence electrons. The standard InChI is InChI=1S/C14H11F2N5O/c1-7-5-17-13(19-7)12-10(6-18-21-12)20-14(22)11-8(15)3-2-4-9(11)16/h2-6H,1H3,(H,17,19)(H,18,21)(H,20,22). The summed E-state index contributed by atoms with van der Waals surface area (Å²) in [6.45, 7) is 1.82. The zero-order valence-electron chi connectivity index (χ0n) is 11.4. The van der Waals surface area contributed by atoms with E-state index in [0.717, 1.165) is 17.8 Å². The fourth-order valence-corrected chi connectivity index (χ4v) is 2.00. The summed E-state index contributed by atoms with van der Waals surface area (Å²) in [6.07, 6.45) is 2.95. The van der Waals surface area contributed by atoms with Gasteiger partial charge in [-0.2, -0.15) is 5.10 Å². The Morgan fingerprint density at radius 2 is 1.95 bits per heavy atom. The highest BCUT2D eigenvalue weighted by atomic mass is 19.1. The molecule has 2 heterocycles. The number of aryl methyl sites for hydroxylation is 1. The van der Waals surface area contributed by atoms with Gasteiger partial charge in [-0.15, -0.1) is 0 Å². The zero-order chi connectivity index (χ0) is 15.7. The van der Waals surface area contributed by atoms with Crippen molar-refractivity contribution < 1.29 is 13.6 Å². The summed E-state index contributed by atoms with van der Waals surface area (Å²) < 4.78 is 27.2. The summed E-state index contributed by atoms with van der Waals surface area (Å²) in [5.74, 6) is -2.31. The van der Waals surface area contributed by atoms with Crippen molar-refractivity contribution in [2.75, 3.05) is 5.32 Å². The fourth-order valence-electron chi connectivity index (χ4n) is 2.00. The third-order valence-electron chi connectivity index (χ3n) is 3.02. The van der Waals surface area contributed by atoms with E-state index in [1.807, 2.05) is 6.92 Å². The van der Waals surface area contributed by atoms with Crippen LogP contribution in [0.5, 0.6) is 0 Å². The van der Waals surface area contributed by atoms with Crippen LogP contribution in [0, 0.1) is 18.6 Å². The molecule has 0 aliphatic rings. The van der Waals surface area contributed by atoms with Crippen LogP contribution in [0.3, 0.4) is 0 Å². The Balaban J connectivity index is 1.91. The van der Waals surface area contributed by atoms with Crippen LogP contribution < -0.4 is 5.32 Å². The maximum atomic E-state index is 13.6. The minimum Gasteiger partial charge on any atom is -0.341 e. The predicted molar refractivity (Wildman–Crippen MR) is 75.2 cm³/mol. The van der Waals surface area contributed by atoms with Crippen molar-refractivity contribution in [2.45, 2.75) is 6.92 Å². The molecule has 1 aromatic carbocycles. The highest BCUT2D eigenvalue weighted by Crippen LogP contribution is 2.24. The number of benzene rings is 1. The van der Waals surface area contributed by atoms with E-state index in [0.29, 0.717) is 11.5 Å². The van der Waals surface area contributed by atoms with Crippen LogP contribution in [0.2, 0.25) is 0 Å². The molecule has 3 aromatic rings. The van der Waals surface area contributed by atoms with Crippen molar-refractivity contribution in [3.63, 3.8) is 0 Å². The number of rotatable bonds is 3. The third kappa shape index (κ3) is 2.46.